The Morgan fingerprint density at radius 1 is 1.05 bits per heavy atom. The van der Waals surface area contributed by atoms with Gasteiger partial charge in [-0.1, -0.05) is 17.7 Å². The molecule has 1 heterocycles. The third kappa shape index (κ3) is 1.60. The molecule has 0 saturated heterocycles. The maximum absolute atomic E-state index is 13.6. The van der Waals surface area contributed by atoms with E-state index in [1.165, 1.54) is 12.1 Å². The lowest BCUT2D eigenvalue weighted by Crippen LogP contribution is -2.15. The van der Waals surface area contributed by atoms with E-state index in [4.69, 9.17) is 4.74 Å². The molecule has 21 heavy (non-hydrogen) atoms. The van der Waals surface area contributed by atoms with Gasteiger partial charge in [-0.15, -0.1) is 0 Å². The Hall–Kier alpha value is -2.42. The Morgan fingerprint density at radius 3 is 2.67 bits per heavy atom. The SMILES string of the molecule is CC1=C2C(=O)c3ccc(F)cc3C2c2cc(C)ccc2O1. The van der Waals surface area contributed by atoms with Crippen molar-refractivity contribution in [2.75, 3.05) is 0 Å². The molecule has 1 aliphatic carbocycles. The van der Waals surface area contributed by atoms with Gasteiger partial charge in [0.05, 0.1) is 5.57 Å². The molecule has 0 N–H and O–H groups in total. The number of benzene rings is 2. The number of fused-ring (bicyclic) bond motifs is 5. The highest BCUT2D eigenvalue weighted by atomic mass is 19.1. The molecule has 0 bridgehead atoms. The summed E-state index contributed by atoms with van der Waals surface area (Å²) in [6.45, 7) is 3.79. The van der Waals surface area contributed by atoms with Gasteiger partial charge in [-0.05, 0) is 43.7 Å². The molecule has 0 fully saturated rings. The number of ketones is 1. The zero-order valence-electron chi connectivity index (χ0n) is 11.7. The zero-order valence-corrected chi connectivity index (χ0v) is 11.7. The lowest BCUT2D eigenvalue weighted by atomic mass is 9.86. The fourth-order valence-corrected chi connectivity index (χ4v) is 3.30. The van der Waals surface area contributed by atoms with Crippen LogP contribution in [-0.4, -0.2) is 5.78 Å². The lowest BCUT2D eigenvalue weighted by molar-refractivity contribution is 0.103. The van der Waals surface area contributed by atoms with Gasteiger partial charge in [-0.25, -0.2) is 4.39 Å². The summed E-state index contributed by atoms with van der Waals surface area (Å²) in [6.07, 6.45) is 0. The normalized spacial score (nSPS) is 19.0. The molecule has 1 unspecified atom stereocenters. The van der Waals surface area contributed by atoms with E-state index in [-0.39, 0.29) is 17.5 Å². The van der Waals surface area contributed by atoms with Crippen LogP contribution in [0.4, 0.5) is 4.39 Å². The lowest BCUT2D eigenvalue weighted by Gasteiger charge is -2.25. The molecular formula is C18H13FO2. The van der Waals surface area contributed by atoms with Gasteiger partial charge in [0.1, 0.15) is 17.3 Å². The third-order valence-corrected chi connectivity index (χ3v) is 4.22. The van der Waals surface area contributed by atoms with Crippen molar-refractivity contribution in [2.45, 2.75) is 19.8 Å². The number of rotatable bonds is 0. The molecule has 0 aromatic heterocycles. The van der Waals surface area contributed by atoms with E-state index < -0.39 is 0 Å². The highest BCUT2D eigenvalue weighted by molar-refractivity contribution is 6.15. The van der Waals surface area contributed by atoms with Crippen molar-refractivity contribution in [2.24, 2.45) is 0 Å². The van der Waals surface area contributed by atoms with E-state index in [1.54, 1.807) is 13.0 Å². The van der Waals surface area contributed by atoms with Crippen molar-refractivity contribution >= 4 is 5.78 Å². The predicted molar refractivity (Wildman–Crippen MR) is 77.1 cm³/mol. The van der Waals surface area contributed by atoms with Crippen LogP contribution in [0.25, 0.3) is 0 Å². The smallest absolute Gasteiger partial charge is 0.193 e. The molecule has 3 heteroatoms. The average Bonchev–Trinajstić information content (AvgIpc) is 2.74. The van der Waals surface area contributed by atoms with Crippen LogP contribution in [0, 0.1) is 12.7 Å². The first-order valence-electron chi connectivity index (χ1n) is 6.89. The molecule has 1 aliphatic heterocycles. The summed E-state index contributed by atoms with van der Waals surface area (Å²) in [7, 11) is 0. The summed E-state index contributed by atoms with van der Waals surface area (Å²) in [5.74, 6) is 0.766. The first-order valence-corrected chi connectivity index (χ1v) is 6.89. The molecule has 0 amide bonds. The van der Waals surface area contributed by atoms with E-state index in [9.17, 15) is 9.18 Å². The quantitative estimate of drug-likeness (QED) is 0.725. The van der Waals surface area contributed by atoms with Crippen molar-refractivity contribution < 1.29 is 13.9 Å². The van der Waals surface area contributed by atoms with Crippen molar-refractivity contribution in [1.29, 1.82) is 0 Å². The van der Waals surface area contributed by atoms with Crippen LogP contribution in [-0.2, 0) is 0 Å². The molecular weight excluding hydrogens is 267 g/mol. The Kier molecular flexibility index (Phi) is 2.37. The van der Waals surface area contributed by atoms with E-state index in [0.29, 0.717) is 16.9 Å². The maximum atomic E-state index is 13.6. The van der Waals surface area contributed by atoms with E-state index in [0.717, 1.165) is 22.4 Å². The van der Waals surface area contributed by atoms with Crippen LogP contribution in [0.15, 0.2) is 47.7 Å². The molecule has 104 valence electrons. The highest BCUT2D eigenvalue weighted by Crippen LogP contribution is 2.49. The minimum atomic E-state index is -0.318. The third-order valence-electron chi connectivity index (χ3n) is 4.22. The summed E-state index contributed by atoms with van der Waals surface area (Å²) in [5.41, 5.74) is 3.98. The number of allylic oxidation sites excluding steroid dienone is 2. The molecule has 2 aromatic carbocycles. The van der Waals surface area contributed by atoms with Crippen molar-refractivity contribution in [3.8, 4) is 5.75 Å². The summed E-state index contributed by atoms with van der Waals surface area (Å²) in [6, 6.07) is 10.3. The van der Waals surface area contributed by atoms with Crippen LogP contribution in [0.2, 0.25) is 0 Å². The second-order valence-electron chi connectivity index (χ2n) is 5.61. The Labute approximate surface area is 121 Å². The summed E-state index contributed by atoms with van der Waals surface area (Å²) < 4.78 is 19.4. The molecule has 2 aromatic rings. The van der Waals surface area contributed by atoms with Gasteiger partial charge in [-0.2, -0.15) is 0 Å². The van der Waals surface area contributed by atoms with Crippen LogP contribution < -0.4 is 4.74 Å². The number of carbonyl (C=O) groups is 1. The number of Topliss-reactive ketones (excluding diaryl/α,β-unsaturated/α-hetero) is 1. The van der Waals surface area contributed by atoms with Crippen LogP contribution in [0.5, 0.6) is 5.75 Å². The first kappa shape index (κ1) is 12.3. The first-order chi connectivity index (χ1) is 10.1. The minimum Gasteiger partial charge on any atom is -0.461 e. The molecule has 1 atom stereocenters. The standard InChI is InChI=1S/C18H13FO2/c1-9-3-6-15-14(7-9)17-13-8-11(19)4-5-12(13)18(20)16(17)10(2)21-15/h3-8,17H,1-2H3. The van der Waals surface area contributed by atoms with Gasteiger partial charge < -0.3 is 4.74 Å². The molecule has 2 aliphatic rings. The highest BCUT2D eigenvalue weighted by Gasteiger charge is 2.41. The second-order valence-corrected chi connectivity index (χ2v) is 5.61. The van der Waals surface area contributed by atoms with Crippen LogP contribution in [0.3, 0.4) is 0 Å². The summed E-state index contributed by atoms with van der Waals surface area (Å²) >= 11 is 0. The fourth-order valence-electron chi connectivity index (χ4n) is 3.30. The number of halogens is 1. The van der Waals surface area contributed by atoms with Gasteiger partial charge in [0, 0.05) is 17.0 Å². The summed E-state index contributed by atoms with van der Waals surface area (Å²) in [5, 5.41) is 0. The van der Waals surface area contributed by atoms with Crippen LogP contribution in [0.1, 0.15) is 39.9 Å². The molecule has 0 radical (unpaired) electrons. The predicted octanol–water partition coefficient (Wildman–Crippen LogP) is 4.13. The van der Waals surface area contributed by atoms with Crippen molar-refractivity contribution in [3.63, 3.8) is 0 Å². The number of carbonyl (C=O) groups excluding carboxylic acids is 1. The molecule has 2 nitrogen and oxygen atoms in total. The minimum absolute atomic E-state index is 0.0559. The molecule has 0 spiro atoms. The summed E-state index contributed by atoms with van der Waals surface area (Å²) in [4.78, 5) is 12.6. The number of hydrogen-bond donors (Lipinski definition) is 0. The van der Waals surface area contributed by atoms with Gasteiger partial charge in [-0.3, -0.25) is 4.79 Å². The van der Waals surface area contributed by atoms with Crippen LogP contribution >= 0.6 is 0 Å². The fraction of sp³-hybridized carbons (Fsp3) is 0.167. The Balaban J connectivity index is 2.05. The number of hydrogen-bond acceptors (Lipinski definition) is 2. The monoisotopic (exact) mass is 280 g/mol. The second kappa shape index (κ2) is 4.04. The van der Waals surface area contributed by atoms with E-state index in [2.05, 4.69) is 0 Å². The zero-order chi connectivity index (χ0) is 14.7. The topological polar surface area (TPSA) is 26.3 Å². The molecule has 0 saturated carbocycles. The van der Waals surface area contributed by atoms with Gasteiger partial charge in [0.15, 0.2) is 5.78 Å². The number of ether oxygens (including phenoxy) is 1. The largest absolute Gasteiger partial charge is 0.461 e. The average molecular weight is 280 g/mol. The van der Waals surface area contributed by atoms with E-state index >= 15 is 0 Å². The van der Waals surface area contributed by atoms with Crippen molar-refractivity contribution in [3.05, 3.63) is 75.8 Å². The van der Waals surface area contributed by atoms with Gasteiger partial charge in [0.2, 0.25) is 0 Å². The van der Waals surface area contributed by atoms with Crippen molar-refractivity contribution in [1.82, 2.24) is 0 Å². The van der Waals surface area contributed by atoms with E-state index in [1.807, 2.05) is 25.1 Å². The number of aryl methyl sites for hydroxylation is 1. The Bertz CT molecular complexity index is 833. The Morgan fingerprint density at radius 2 is 1.86 bits per heavy atom. The maximum Gasteiger partial charge on any atom is 0.193 e. The van der Waals surface area contributed by atoms with Gasteiger partial charge in [0.25, 0.3) is 0 Å². The molecule has 4 rings (SSSR count). The van der Waals surface area contributed by atoms with Gasteiger partial charge >= 0.3 is 0 Å².